The zero-order valence-electron chi connectivity index (χ0n) is 13.6. The Balaban J connectivity index is 1.49. The highest BCUT2D eigenvalue weighted by Gasteiger charge is 2.25. The first-order valence-corrected chi connectivity index (χ1v) is 8.01. The molecule has 0 saturated carbocycles. The van der Waals surface area contributed by atoms with Gasteiger partial charge in [-0.3, -0.25) is 4.90 Å². The minimum atomic E-state index is -0.218. The second-order valence-corrected chi connectivity index (χ2v) is 6.19. The van der Waals surface area contributed by atoms with Gasteiger partial charge < -0.3 is 14.4 Å². The first-order valence-electron chi connectivity index (χ1n) is 8.01. The van der Waals surface area contributed by atoms with Crippen LogP contribution < -0.4 is 4.74 Å². The van der Waals surface area contributed by atoms with E-state index in [1.807, 2.05) is 19.1 Å². The molecule has 1 saturated heterocycles. The number of hydrogen-bond donors (Lipinski definition) is 1. The summed E-state index contributed by atoms with van der Waals surface area (Å²) in [5.74, 6) is 2.28. The Kier molecular flexibility index (Phi) is 4.93. The summed E-state index contributed by atoms with van der Waals surface area (Å²) >= 11 is 0. The smallest absolute Gasteiger partial charge is 0.223 e. The molecule has 2 atom stereocenters. The van der Waals surface area contributed by atoms with Crippen molar-refractivity contribution >= 4 is 0 Å². The lowest BCUT2D eigenvalue weighted by molar-refractivity contribution is 0.127. The quantitative estimate of drug-likeness (QED) is 0.880. The molecular weight excluding hydrogens is 294 g/mol. The molecule has 1 aliphatic rings. The van der Waals surface area contributed by atoms with Gasteiger partial charge in [-0.25, -0.2) is 0 Å². The van der Waals surface area contributed by atoms with Crippen LogP contribution >= 0.6 is 0 Å². The summed E-state index contributed by atoms with van der Waals surface area (Å²) in [7, 11) is 0. The molecule has 1 N–H and O–H groups in total. The van der Waals surface area contributed by atoms with Gasteiger partial charge in [-0.1, -0.05) is 17.3 Å². The number of aromatic nitrogens is 2. The monoisotopic (exact) mass is 317 g/mol. The van der Waals surface area contributed by atoms with Crippen LogP contribution in [0.25, 0.3) is 0 Å². The second kappa shape index (κ2) is 7.10. The Morgan fingerprint density at radius 3 is 2.78 bits per heavy atom. The van der Waals surface area contributed by atoms with Gasteiger partial charge in [0, 0.05) is 20.0 Å². The van der Waals surface area contributed by atoms with Gasteiger partial charge in [0.25, 0.3) is 0 Å². The largest absolute Gasteiger partial charge is 0.485 e. The van der Waals surface area contributed by atoms with Crippen molar-refractivity contribution in [3.8, 4) is 5.75 Å². The van der Waals surface area contributed by atoms with E-state index in [1.54, 1.807) is 6.92 Å². The maximum Gasteiger partial charge on any atom is 0.223 e. The van der Waals surface area contributed by atoms with Crippen molar-refractivity contribution in [1.29, 1.82) is 0 Å². The average molecular weight is 317 g/mol. The molecule has 0 radical (unpaired) electrons. The Hall–Kier alpha value is -1.92. The summed E-state index contributed by atoms with van der Waals surface area (Å²) in [5, 5.41) is 13.5. The first-order chi connectivity index (χ1) is 11.1. The standard InChI is InChI=1S/C17H23N3O3/c1-12(21)15-7-8-20(10-15)9-14-3-5-16(6-4-14)22-11-17-18-13(2)23-19-17/h3-6,12,15,21H,7-11H2,1-2H3. The number of rotatable bonds is 6. The van der Waals surface area contributed by atoms with Gasteiger partial charge in [-0.2, -0.15) is 4.98 Å². The summed E-state index contributed by atoms with van der Waals surface area (Å²) in [6, 6.07) is 8.08. The van der Waals surface area contributed by atoms with Crippen LogP contribution in [0.2, 0.25) is 0 Å². The summed E-state index contributed by atoms with van der Waals surface area (Å²) in [5.41, 5.74) is 1.25. The number of likely N-dealkylation sites (tertiary alicyclic amines) is 1. The van der Waals surface area contributed by atoms with E-state index in [0.29, 0.717) is 24.2 Å². The van der Waals surface area contributed by atoms with Crippen molar-refractivity contribution in [3.63, 3.8) is 0 Å². The summed E-state index contributed by atoms with van der Waals surface area (Å²) < 4.78 is 10.6. The van der Waals surface area contributed by atoms with Crippen LogP contribution in [-0.2, 0) is 13.2 Å². The van der Waals surface area contributed by atoms with Gasteiger partial charge >= 0.3 is 0 Å². The van der Waals surface area contributed by atoms with Gasteiger partial charge in [0.15, 0.2) is 6.61 Å². The lowest BCUT2D eigenvalue weighted by atomic mass is 10.0. The molecule has 0 aliphatic carbocycles. The summed E-state index contributed by atoms with van der Waals surface area (Å²) in [6.07, 6.45) is 0.854. The summed E-state index contributed by atoms with van der Waals surface area (Å²) in [4.78, 5) is 6.49. The van der Waals surface area contributed by atoms with Crippen molar-refractivity contribution in [2.75, 3.05) is 13.1 Å². The third-order valence-electron chi connectivity index (χ3n) is 4.26. The van der Waals surface area contributed by atoms with Crippen LogP contribution in [0.15, 0.2) is 28.8 Å². The lowest BCUT2D eigenvalue weighted by Crippen LogP contribution is -2.23. The fourth-order valence-corrected chi connectivity index (χ4v) is 2.90. The minimum Gasteiger partial charge on any atom is -0.485 e. The van der Waals surface area contributed by atoms with Crippen LogP contribution in [0.3, 0.4) is 0 Å². The van der Waals surface area contributed by atoms with Crippen LogP contribution in [0.1, 0.15) is 30.6 Å². The molecule has 3 rings (SSSR count). The normalized spacial score (nSPS) is 19.9. The van der Waals surface area contributed by atoms with Crippen molar-refractivity contribution < 1.29 is 14.4 Å². The zero-order chi connectivity index (χ0) is 16.2. The molecule has 1 aliphatic heterocycles. The van der Waals surface area contributed by atoms with Gasteiger partial charge in [0.05, 0.1) is 6.10 Å². The number of ether oxygens (including phenoxy) is 1. The molecule has 6 nitrogen and oxygen atoms in total. The Morgan fingerprint density at radius 1 is 1.39 bits per heavy atom. The average Bonchev–Trinajstić information content (AvgIpc) is 3.16. The molecule has 0 spiro atoms. The van der Waals surface area contributed by atoms with Crippen molar-refractivity contribution in [3.05, 3.63) is 41.5 Å². The molecule has 1 aromatic carbocycles. The fraction of sp³-hybridized carbons (Fsp3) is 0.529. The van der Waals surface area contributed by atoms with Crippen LogP contribution in [0.4, 0.5) is 0 Å². The lowest BCUT2D eigenvalue weighted by Gasteiger charge is -2.17. The van der Waals surface area contributed by atoms with Crippen LogP contribution in [0.5, 0.6) is 5.75 Å². The molecule has 6 heteroatoms. The molecule has 1 fully saturated rings. The van der Waals surface area contributed by atoms with Crippen LogP contribution in [-0.4, -0.2) is 39.3 Å². The molecule has 0 bridgehead atoms. The van der Waals surface area contributed by atoms with Crippen molar-refractivity contribution in [1.82, 2.24) is 15.0 Å². The van der Waals surface area contributed by atoms with Crippen molar-refractivity contribution in [2.24, 2.45) is 5.92 Å². The minimum absolute atomic E-state index is 0.218. The summed E-state index contributed by atoms with van der Waals surface area (Å²) in [6.45, 7) is 6.86. The van der Waals surface area contributed by atoms with E-state index in [2.05, 4.69) is 27.2 Å². The predicted molar refractivity (Wildman–Crippen MR) is 84.9 cm³/mol. The van der Waals surface area contributed by atoms with Crippen LogP contribution in [0, 0.1) is 12.8 Å². The van der Waals surface area contributed by atoms with Gasteiger partial charge in [-0.05, 0) is 43.5 Å². The number of aliphatic hydroxyl groups excluding tert-OH is 1. The van der Waals surface area contributed by atoms with E-state index in [1.165, 1.54) is 5.56 Å². The number of hydrogen-bond acceptors (Lipinski definition) is 6. The van der Waals surface area contributed by atoms with Gasteiger partial charge in [0.2, 0.25) is 11.7 Å². The Labute approximate surface area is 136 Å². The van der Waals surface area contributed by atoms with E-state index in [4.69, 9.17) is 9.26 Å². The zero-order valence-corrected chi connectivity index (χ0v) is 13.6. The van der Waals surface area contributed by atoms with E-state index < -0.39 is 0 Å². The van der Waals surface area contributed by atoms with E-state index in [9.17, 15) is 5.11 Å². The van der Waals surface area contributed by atoms with E-state index in [-0.39, 0.29) is 6.10 Å². The number of nitrogens with zero attached hydrogens (tertiary/aromatic N) is 3. The molecule has 2 heterocycles. The highest BCUT2D eigenvalue weighted by Crippen LogP contribution is 2.22. The Bertz CT molecular complexity index is 624. The van der Waals surface area contributed by atoms with Crippen molar-refractivity contribution in [2.45, 2.75) is 39.5 Å². The predicted octanol–water partition coefficient (Wildman–Crippen LogP) is 2.16. The van der Waals surface area contributed by atoms with Gasteiger partial charge in [-0.15, -0.1) is 0 Å². The third-order valence-corrected chi connectivity index (χ3v) is 4.26. The van der Waals surface area contributed by atoms with E-state index >= 15 is 0 Å². The molecule has 124 valence electrons. The number of benzene rings is 1. The molecule has 2 aromatic rings. The Morgan fingerprint density at radius 2 is 2.17 bits per heavy atom. The molecular formula is C17H23N3O3. The maximum absolute atomic E-state index is 9.67. The topological polar surface area (TPSA) is 71.6 Å². The highest BCUT2D eigenvalue weighted by molar-refractivity contribution is 5.27. The second-order valence-electron chi connectivity index (χ2n) is 6.19. The highest BCUT2D eigenvalue weighted by atomic mass is 16.5. The molecule has 1 aromatic heterocycles. The SMILES string of the molecule is Cc1nc(COc2ccc(CN3CCC(C(C)O)C3)cc2)no1. The molecule has 2 unspecified atom stereocenters. The third kappa shape index (κ3) is 4.30. The van der Waals surface area contributed by atoms with Gasteiger partial charge in [0.1, 0.15) is 5.75 Å². The number of aryl methyl sites for hydroxylation is 1. The number of aliphatic hydroxyl groups is 1. The maximum atomic E-state index is 9.67. The van der Waals surface area contributed by atoms with E-state index in [0.717, 1.165) is 31.8 Å². The first kappa shape index (κ1) is 16.0. The molecule has 0 amide bonds. The molecule has 23 heavy (non-hydrogen) atoms. The fourth-order valence-electron chi connectivity index (χ4n) is 2.90.